The molecule has 0 radical (unpaired) electrons. The zero-order valence-electron chi connectivity index (χ0n) is 51.9. The minimum atomic E-state index is -4.34. The predicted octanol–water partition coefficient (Wildman–Crippen LogP) is 20.8. The zero-order valence-corrected chi connectivity index (χ0v) is 52.8. The van der Waals surface area contributed by atoms with Crippen LogP contribution in [-0.2, 0) is 18.4 Å². The number of likely N-dealkylation sites (N-methyl/N-ethyl adjacent to an activating group) is 1. The molecule has 9 heteroatoms. The fourth-order valence-corrected chi connectivity index (χ4v) is 10.3. The number of phosphoric acid groups is 1. The summed E-state index contributed by atoms with van der Waals surface area (Å²) in [7, 11) is 1.60. The molecular formula is C69H128N2O6P+. The van der Waals surface area contributed by atoms with E-state index >= 15 is 0 Å². The number of hydrogen-bond acceptors (Lipinski definition) is 5. The van der Waals surface area contributed by atoms with Gasteiger partial charge in [-0.05, 0) is 70.6 Å². The van der Waals surface area contributed by atoms with E-state index in [1.807, 2.05) is 21.1 Å². The Balaban J connectivity index is 4.14. The molecule has 0 aromatic carbocycles. The van der Waals surface area contributed by atoms with Crippen molar-refractivity contribution in [3.8, 4) is 0 Å². The van der Waals surface area contributed by atoms with Crippen LogP contribution < -0.4 is 5.32 Å². The number of phosphoric ester groups is 1. The van der Waals surface area contributed by atoms with Crippen molar-refractivity contribution < 1.29 is 32.9 Å². The van der Waals surface area contributed by atoms with Crippen LogP contribution in [0.3, 0.4) is 0 Å². The molecule has 1 amide bonds. The third kappa shape index (κ3) is 61.3. The van der Waals surface area contributed by atoms with Crippen LogP contribution in [0.4, 0.5) is 0 Å². The average Bonchev–Trinajstić information content (AvgIpc) is 3.41. The summed E-state index contributed by atoms with van der Waals surface area (Å²) in [6, 6.07) is -0.774. The summed E-state index contributed by atoms with van der Waals surface area (Å²) in [6.07, 6.45) is 83.8. The molecule has 0 spiro atoms. The summed E-state index contributed by atoms with van der Waals surface area (Å²) >= 11 is 0. The molecule has 0 rings (SSSR count). The lowest BCUT2D eigenvalue weighted by molar-refractivity contribution is -0.870. The number of nitrogens with one attached hydrogen (secondary N) is 1. The van der Waals surface area contributed by atoms with Crippen LogP contribution in [0, 0.1) is 0 Å². The molecule has 0 saturated carbocycles. The number of amides is 1. The molecule has 454 valence electrons. The van der Waals surface area contributed by atoms with Crippen molar-refractivity contribution >= 4 is 13.7 Å². The Labute approximate surface area is 484 Å². The Bertz CT molecular complexity index is 1550. The first-order valence-corrected chi connectivity index (χ1v) is 34.4. The van der Waals surface area contributed by atoms with Gasteiger partial charge in [0.25, 0.3) is 0 Å². The molecule has 0 heterocycles. The van der Waals surface area contributed by atoms with E-state index in [1.54, 1.807) is 0 Å². The Hall–Kier alpha value is -2.32. The predicted molar refractivity (Wildman–Crippen MR) is 341 cm³/mol. The van der Waals surface area contributed by atoms with Gasteiger partial charge in [-0.15, -0.1) is 0 Å². The Morgan fingerprint density at radius 1 is 0.449 bits per heavy atom. The monoisotopic (exact) mass is 1110 g/mol. The van der Waals surface area contributed by atoms with E-state index in [1.165, 1.54) is 180 Å². The van der Waals surface area contributed by atoms with Gasteiger partial charge in [0, 0.05) is 6.42 Å². The minimum Gasteiger partial charge on any atom is -0.391 e. The maximum atomic E-state index is 13.1. The molecule has 8 nitrogen and oxygen atoms in total. The quantitative estimate of drug-likeness (QED) is 0.0243. The minimum absolute atomic E-state index is 0.0687. The van der Waals surface area contributed by atoms with E-state index in [9.17, 15) is 19.4 Å². The maximum absolute atomic E-state index is 13.1. The standard InChI is InChI=1S/C69H127N2O6P/c1-6-8-10-12-14-16-18-20-22-24-26-28-30-32-34-35-37-39-41-43-45-47-49-51-53-55-57-59-61-63-69(73)70-67(66-77-78(74,75)76-65-64-71(3,4)5)68(72)62-60-58-56-54-52-50-48-46-44-42-40-38-36-33-31-29-27-25-23-21-19-17-15-13-11-9-7-2/h8,10,14,16,20,22,26,28,32,34,37,39,43,45,67-68,72H,6-7,9,11-13,15,17-19,21,23-25,27,29-31,33,35-36,38,40-42,44,46-66H2,1-5H3,(H-,70,73,74,75)/p+1/b10-8-,16-14-,22-20-,28-26-,34-32-,39-37-,45-43-. The van der Waals surface area contributed by atoms with Gasteiger partial charge < -0.3 is 19.8 Å². The van der Waals surface area contributed by atoms with Gasteiger partial charge in [0.15, 0.2) is 0 Å². The van der Waals surface area contributed by atoms with Crippen molar-refractivity contribution in [1.29, 1.82) is 0 Å². The lowest BCUT2D eigenvalue weighted by atomic mass is 10.0. The number of aliphatic hydroxyl groups is 1. The first-order chi connectivity index (χ1) is 38.0. The smallest absolute Gasteiger partial charge is 0.391 e. The van der Waals surface area contributed by atoms with Crippen LogP contribution in [0.5, 0.6) is 0 Å². The molecular weight excluding hydrogens is 984 g/mol. The van der Waals surface area contributed by atoms with Gasteiger partial charge in [-0.25, -0.2) is 4.57 Å². The van der Waals surface area contributed by atoms with Gasteiger partial charge in [-0.2, -0.15) is 0 Å². The van der Waals surface area contributed by atoms with E-state index in [2.05, 4.69) is 104 Å². The van der Waals surface area contributed by atoms with Gasteiger partial charge in [-0.1, -0.05) is 304 Å². The number of carbonyl (C=O) groups excluding carboxylic acids is 1. The Morgan fingerprint density at radius 3 is 1.13 bits per heavy atom. The largest absolute Gasteiger partial charge is 0.472 e. The Morgan fingerprint density at radius 2 is 0.769 bits per heavy atom. The summed E-state index contributed by atoms with van der Waals surface area (Å²) < 4.78 is 23.9. The zero-order chi connectivity index (χ0) is 57.0. The fraction of sp³-hybridized carbons (Fsp3) is 0.783. The summed E-state index contributed by atoms with van der Waals surface area (Å²) in [4.78, 5) is 23.4. The molecule has 3 atom stereocenters. The molecule has 0 aromatic rings. The van der Waals surface area contributed by atoms with Crippen LogP contribution in [0.2, 0.25) is 0 Å². The highest BCUT2D eigenvalue weighted by atomic mass is 31.2. The van der Waals surface area contributed by atoms with E-state index in [0.717, 1.165) is 89.9 Å². The molecule has 78 heavy (non-hydrogen) atoms. The van der Waals surface area contributed by atoms with Crippen LogP contribution in [0.1, 0.15) is 296 Å². The summed E-state index contributed by atoms with van der Waals surface area (Å²) in [5.41, 5.74) is 0. The highest BCUT2D eigenvalue weighted by Crippen LogP contribution is 2.43. The second kappa shape index (κ2) is 59.3. The maximum Gasteiger partial charge on any atom is 0.472 e. The van der Waals surface area contributed by atoms with E-state index < -0.39 is 20.0 Å². The fourth-order valence-electron chi connectivity index (χ4n) is 9.56. The second-order valence-electron chi connectivity index (χ2n) is 23.5. The van der Waals surface area contributed by atoms with Crippen LogP contribution >= 0.6 is 7.82 Å². The van der Waals surface area contributed by atoms with E-state index in [4.69, 9.17) is 9.05 Å². The molecule has 0 saturated heterocycles. The highest BCUT2D eigenvalue weighted by Gasteiger charge is 2.28. The third-order valence-electron chi connectivity index (χ3n) is 14.7. The van der Waals surface area contributed by atoms with Crippen molar-refractivity contribution in [3.63, 3.8) is 0 Å². The molecule has 0 bridgehead atoms. The molecule has 3 N–H and O–H groups in total. The number of nitrogens with zero attached hydrogens (tertiary/aromatic N) is 1. The third-order valence-corrected chi connectivity index (χ3v) is 15.6. The topological polar surface area (TPSA) is 105 Å². The normalized spacial score (nSPS) is 14.3. The van der Waals surface area contributed by atoms with Gasteiger partial charge >= 0.3 is 7.82 Å². The van der Waals surface area contributed by atoms with Crippen molar-refractivity contribution in [1.82, 2.24) is 5.32 Å². The van der Waals surface area contributed by atoms with Crippen LogP contribution in [0.15, 0.2) is 85.1 Å². The van der Waals surface area contributed by atoms with Gasteiger partial charge in [0.05, 0.1) is 39.9 Å². The lowest BCUT2D eigenvalue weighted by Gasteiger charge is -2.26. The van der Waals surface area contributed by atoms with E-state index in [-0.39, 0.29) is 19.1 Å². The number of allylic oxidation sites excluding steroid dienone is 14. The first-order valence-electron chi connectivity index (χ1n) is 33.0. The van der Waals surface area contributed by atoms with Gasteiger partial charge in [0.1, 0.15) is 13.2 Å². The molecule has 0 fully saturated rings. The van der Waals surface area contributed by atoms with Crippen molar-refractivity contribution in [2.24, 2.45) is 0 Å². The van der Waals surface area contributed by atoms with Crippen LogP contribution in [-0.4, -0.2) is 73.4 Å². The molecule has 0 aromatic heterocycles. The molecule has 3 unspecified atom stereocenters. The number of rotatable bonds is 60. The van der Waals surface area contributed by atoms with Crippen molar-refractivity contribution in [2.75, 3.05) is 40.9 Å². The number of aliphatic hydroxyl groups excluding tert-OH is 1. The summed E-state index contributed by atoms with van der Waals surface area (Å²) in [5.74, 6) is -0.155. The van der Waals surface area contributed by atoms with Gasteiger partial charge in [-0.3, -0.25) is 13.8 Å². The lowest BCUT2D eigenvalue weighted by Crippen LogP contribution is -2.46. The number of quaternary nitrogens is 1. The summed E-state index contributed by atoms with van der Waals surface area (Å²) in [6.45, 7) is 4.79. The molecule has 0 aliphatic heterocycles. The summed E-state index contributed by atoms with van der Waals surface area (Å²) in [5, 5.41) is 14.1. The van der Waals surface area contributed by atoms with Gasteiger partial charge in [0.2, 0.25) is 5.91 Å². The van der Waals surface area contributed by atoms with Crippen LogP contribution in [0.25, 0.3) is 0 Å². The molecule has 0 aliphatic carbocycles. The van der Waals surface area contributed by atoms with E-state index in [0.29, 0.717) is 23.9 Å². The number of carbonyl (C=O) groups is 1. The average molecular weight is 1110 g/mol. The Kier molecular flexibility index (Phi) is 57.5. The van der Waals surface area contributed by atoms with Crippen molar-refractivity contribution in [2.45, 2.75) is 309 Å². The second-order valence-corrected chi connectivity index (χ2v) is 24.9. The van der Waals surface area contributed by atoms with Crippen molar-refractivity contribution in [3.05, 3.63) is 85.1 Å². The number of unbranched alkanes of at least 4 members (excludes halogenated alkanes) is 33. The molecule has 0 aliphatic rings. The SMILES string of the molecule is CC/C=C\C/C=C\C/C=C\C/C=C\C/C=C\C/C=C\C/C=C\CCCCCCCCCC(=O)NC(COP(=O)(O)OCC[N+](C)(C)C)C(O)CCCCCCCCCCCCCCCCCCCCCCCCCCCCC. The highest BCUT2D eigenvalue weighted by molar-refractivity contribution is 7.47. The first kappa shape index (κ1) is 75.7. The number of hydrogen-bond donors (Lipinski definition) is 3.